The largest absolute Gasteiger partial charge is 0.384 e. The number of nitrogens with zero attached hydrogens (tertiary/aromatic N) is 1. The fraction of sp³-hybridized carbons (Fsp3) is 0.333. The normalized spacial score (nSPS) is 12.5. The highest BCUT2D eigenvalue weighted by Crippen LogP contribution is 2.40. The van der Waals surface area contributed by atoms with E-state index in [9.17, 15) is 27.7 Å². The predicted octanol–water partition coefficient (Wildman–Crippen LogP) is 3.60. The van der Waals surface area contributed by atoms with Crippen LogP contribution in [-0.2, 0) is 6.42 Å². The molecule has 0 aromatic heterocycles. The Bertz CT molecular complexity index is 433. The molecule has 0 aliphatic heterocycles. The monoisotopic (exact) mass is 271 g/mol. The molecule has 0 amide bonds. The molecule has 17 heavy (non-hydrogen) atoms. The maximum Gasteiger partial charge on any atom is 0.384 e. The summed E-state index contributed by atoms with van der Waals surface area (Å²) in [6, 6.07) is 4.09. The molecule has 0 radical (unpaired) electrons. The van der Waals surface area contributed by atoms with E-state index in [-0.39, 0.29) is 5.56 Å². The van der Waals surface area contributed by atoms with E-state index < -0.39 is 28.3 Å². The van der Waals surface area contributed by atoms with Crippen molar-refractivity contribution in [2.45, 2.75) is 17.7 Å². The summed E-state index contributed by atoms with van der Waals surface area (Å²) in [4.78, 5) is 9.55. The van der Waals surface area contributed by atoms with Crippen LogP contribution >= 0.6 is 11.6 Å². The van der Waals surface area contributed by atoms with E-state index in [1.807, 2.05) is 0 Å². The maximum atomic E-state index is 12.9. The molecule has 0 unspecified atom stereocenters. The average Bonchev–Trinajstić information content (AvgIpc) is 2.15. The van der Waals surface area contributed by atoms with Gasteiger partial charge in [-0.2, -0.15) is 17.6 Å². The summed E-state index contributed by atoms with van der Waals surface area (Å²) in [6.45, 7) is 0. The Morgan fingerprint density at radius 1 is 1.29 bits per heavy atom. The molecule has 0 spiro atoms. The minimum Gasteiger partial charge on any atom is -0.258 e. The maximum absolute atomic E-state index is 12.9. The molecule has 0 saturated carbocycles. The zero-order valence-electron chi connectivity index (χ0n) is 8.17. The van der Waals surface area contributed by atoms with Crippen LogP contribution in [0.4, 0.5) is 23.2 Å². The Labute approximate surface area is 98.1 Å². The molecule has 0 saturated heterocycles. The summed E-state index contributed by atoms with van der Waals surface area (Å²) in [7, 11) is 0. The van der Waals surface area contributed by atoms with Crippen molar-refractivity contribution in [1.29, 1.82) is 0 Å². The first-order chi connectivity index (χ1) is 7.63. The zero-order valence-corrected chi connectivity index (χ0v) is 8.93. The van der Waals surface area contributed by atoms with Crippen LogP contribution in [0, 0.1) is 10.1 Å². The van der Waals surface area contributed by atoms with E-state index in [1.54, 1.807) is 0 Å². The van der Waals surface area contributed by atoms with Crippen LogP contribution in [0.25, 0.3) is 0 Å². The van der Waals surface area contributed by atoms with Gasteiger partial charge in [0, 0.05) is 18.6 Å². The van der Waals surface area contributed by atoms with Crippen molar-refractivity contribution >= 4 is 17.3 Å². The number of nitro benzene ring substituents is 1. The highest BCUT2D eigenvalue weighted by molar-refractivity contribution is 6.22. The third-order valence-electron chi connectivity index (χ3n) is 1.96. The molecule has 0 aliphatic rings. The molecule has 0 fully saturated rings. The Hall–Kier alpha value is -1.37. The number of benzene rings is 1. The van der Waals surface area contributed by atoms with Gasteiger partial charge in [-0.1, -0.05) is 12.1 Å². The summed E-state index contributed by atoms with van der Waals surface area (Å²) >= 11 is 4.26. The summed E-state index contributed by atoms with van der Waals surface area (Å²) in [6.07, 6.45) is -1.37. The van der Waals surface area contributed by atoms with Crippen LogP contribution in [0.3, 0.4) is 0 Å². The number of non-ortho nitro benzene ring substituents is 1. The van der Waals surface area contributed by atoms with Gasteiger partial charge in [-0.05, 0) is 17.2 Å². The third-order valence-corrected chi connectivity index (χ3v) is 2.24. The number of hydrogen-bond donors (Lipinski definition) is 0. The Morgan fingerprint density at radius 2 is 1.88 bits per heavy atom. The standard InChI is InChI=1S/C9H6ClF4NO2/c10-9(13,14)8(11,12)5-6-2-1-3-7(4-6)15(16)17/h1-4H,5H2. The summed E-state index contributed by atoms with van der Waals surface area (Å²) < 4.78 is 50.4. The Morgan fingerprint density at radius 3 is 2.35 bits per heavy atom. The smallest absolute Gasteiger partial charge is 0.258 e. The Balaban J connectivity index is 2.96. The van der Waals surface area contributed by atoms with E-state index in [0.717, 1.165) is 24.3 Å². The fourth-order valence-electron chi connectivity index (χ4n) is 1.14. The van der Waals surface area contributed by atoms with Crippen molar-refractivity contribution in [3.63, 3.8) is 0 Å². The molecule has 0 bridgehead atoms. The first-order valence-corrected chi connectivity index (χ1v) is 4.69. The van der Waals surface area contributed by atoms with Gasteiger partial charge < -0.3 is 0 Å². The van der Waals surface area contributed by atoms with Gasteiger partial charge in [0.05, 0.1) is 4.92 Å². The first-order valence-electron chi connectivity index (χ1n) is 4.31. The van der Waals surface area contributed by atoms with Gasteiger partial charge in [0.15, 0.2) is 0 Å². The quantitative estimate of drug-likeness (QED) is 0.363. The van der Waals surface area contributed by atoms with Gasteiger partial charge in [0.2, 0.25) is 0 Å². The minimum atomic E-state index is -4.70. The fourth-order valence-corrected chi connectivity index (χ4v) is 1.20. The zero-order chi connectivity index (χ0) is 13.3. The summed E-state index contributed by atoms with van der Waals surface area (Å²) in [5.74, 6) is -4.47. The molecule has 0 atom stereocenters. The molecule has 0 N–H and O–H groups in total. The molecule has 94 valence electrons. The molecule has 8 heteroatoms. The van der Waals surface area contributed by atoms with Crippen LogP contribution < -0.4 is 0 Å². The lowest BCUT2D eigenvalue weighted by atomic mass is 10.1. The van der Waals surface area contributed by atoms with Crippen LogP contribution in [0.1, 0.15) is 5.56 Å². The van der Waals surface area contributed by atoms with E-state index in [4.69, 9.17) is 0 Å². The van der Waals surface area contributed by atoms with Gasteiger partial charge >= 0.3 is 11.3 Å². The molecule has 1 aromatic carbocycles. The van der Waals surface area contributed by atoms with E-state index in [0.29, 0.717) is 0 Å². The topological polar surface area (TPSA) is 43.1 Å². The van der Waals surface area contributed by atoms with E-state index in [2.05, 4.69) is 11.6 Å². The second-order valence-electron chi connectivity index (χ2n) is 3.31. The van der Waals surface area contributed by atoms with Gasteiger partial charge in [0.25, 0.3) is 5.69 Å². The van der Waals surface area contributed by atoms with Crippen LogP contribution in [-0.4, -0.2) is 16.2 Å². The molecule has 1 aromatic rings. The van der Waals surface area contributed by atoms with Crippen LogP contribution in [0.2, 0.25) is 0 Å². The lowest BCUT2D eigenvalue weighted by Gasteiger charge is -2.20. The Kier molecular flexibility index (Phi) is 3.61. The van der Waals surface area contributed by atoms with Crippen molar-refractivity contribution in [2.75, 3.05) is 0 Å². The highest BCUT2D eigenvalue weighted by atomic mass is 35.5. The number of alkyl halides is 5. The number of hydrogen-bond acceptors (Lipinski definition) is 2. The molecule has 3 nitrogen and oxygen atoms in total. The first kappa shape index (κ1) is 13.7. The lowest BCUT2D eigenvalue weighted by Crippen LogP contribution is -2.37. The van der Waals surface area contributed by atoms with Crippen molar-refractivity contribution in [3.05, 3.63) is 39.9 Å². The van der Waals surface area contributed by atoms with E-state index >= 15 is 0 Å². The van der Waals surface area contributed by atoms with Crippen LogP contribution in [0.5, 0.6) is 0 Å². The second kappa shape index (κ2) is 4.48. The van der Waals surface area contributed by atoms with E-state index in [1.165, 1.54) is 0 Å². The summed E-state index contributed by atoms with van der Waals surface area (Å²) in [5.41, 5.74) is -0.735. The third kappa shape index (κ3) is 3.29. The summed E-state index contributed by atoms with van der Waals surface area (Å²) in [5, 5.41) is 5.66. The molecular weight excluding hydrogens is 266 g/mol. The molecular formula is C9H6ClF4NO2. The molecule has 0 aliphatic carbocycles. The molecule has 1 rings (SSSR count). The minimum absolute atomic E-state index is 0.287. The highest BCUT2D eigenvalue weighted by Gasteiger charge is 2.54. The van der Waals surface area contributed by atoms with Crippen LogP contribution in [0.15, 0.2) is 24.3 Å². The number of nitro groups is 1. The number of halogens is 5. The van der Waals surface area contributed by atoms with Crippen molar-refractivity contribution in [3.8, 4) is 0 Å². The lowest BCUT2D eigenvalue weighted by molar-refractivity contribution is -0.384. The molecule has 0 heterocycles. The second-order valence-corrected chi connectivity index (χ2v) is 3.78. The average molecular weight is 272 g/mol. The van der Waals surface area contributed by atoms with Crippen molar-refractivity contribution in [1.82, 2.24) is 0 Å². The van der Waals surface area contributed by atoms with Crippen molar-refractivity contribution in [2.24, 2.45) is 0 Å². The van der Waals surface area contributed by atoms with Gasteiger partial charge in [-0.15, -0.1) is 0 Å². The van der Waals surface area contributed by atoms with Gasteiger partial charge in [-0.25, -0.2) is 0 Å². The SMILES string of the molecule is O=[N+]([O-])c1cccc(CC(F)(F)C(F)(F)Cl)c1. The van der Waals surface area contributed by atoms with Gasteiger partial charge in [0.1, 0.15) is 0 Å². The van der Waals surface area contributed by atoms with Gasteiger partial charge in [-0.3, -0.25) is 10.1 Å². The number of rotatable bonds is 4. The van der Waals surface area contributed by atoms with Crippen molar-refractivity contribution < 1.29 is 22.5 Å². The predicted molar refractivity (Wildman–Crippen MR) is 52.5 cm³/mol.